The van der Waals surface area contributed by atoms with Crippen molar-refractivity contribution in [1.29, 1.82) is 0 Å². The Balaban J connectivity index is 1.70. The molecule has 1 aromatic rings. The van der Waals surface area contributed by atoms with Crippen LogP contribution in [0.2, 0.25) is 0 Å². The number of hydrogen-bond acceptors (Lipinski definition) is 3. The highest BCUT2D eigenvalue weighted by molar-refractivity contribution is 5.93. The fourth-order valence-electron chi connectivity index (χ4n) is 2.34. The van der Waals surface area contributed by atoms with Gasteiger partial charge in [-0.1, -0.05) is 18.1 Å². The van der Waals surface area contributed by atoms with E-state index in [4.69, 9.17) is 4.74 Å². The highest BCUT2D eigenvalue weighted by Gasteiger charge is 2.10. The standard InChI is InChI=1S/C17H22N2O2/c1-2-5-17(20)18-14-15-6-8-16(9-7-15)21-13-12-19-10-3-4-11-19/h6-9H,3-4,10-14H2,1H3,(H,18,20). The molecule has 1 saturated heterocycles. The number of ether oxygens (including phenoxy) is 1. The number of benzene rings is 1. The Hall–Kier alpha value is -1.99. The van der Waals surface area contributed by atoms with Gasteiger partial charge in [-0.15, -0.1) is 0 Å². The largest absolute Gasteiger partial charge is 0.492 e. The molecule has 1 N–H and O–H groups in total. The first kappa shape index (κ1) is 15.4. The molecule has 1 amide bonds. The van der Waals surface area contributed by atoms with Gasteiger partial charge in [-0.2, -0.15) is 0 Å². The molecule has 4 heteroatoms. The van der Waals surface area contributed by atoms with Gasteiger partial charge in [0.25, 0.3) is 5.91 Å². The van der Waals surface area contributed by atoms with Crippen LogP contribution in [0.5, 0.6) is 5.75 Å². The Morgan fingerprint density at radius 3 is 2.67 bits per heavy atom. The van der Waals surface area contributed by atoms with Gasteiger partial charge in [0.2, 0.25) is 0 Å². The van der Waals surface area contributed by atoms with Crippen molar-refractivity contribution in [1.82, 2.24) is 10.2 Å². The summed E-state index contributed by atoms with van der Waals surface area (Å²) in [5, 5.41) is 2.74. The monoisotopic (exact) mass is 286 g/mol. The van der Waals surface area contributed by atoms with Crippen molar-refractivity contribution >= 4 is 5.91 Å². The van der Waals surface area contributed by atoms with Gasteiger partial charge in [-0.25, -0.2) is 0 Å². The van der Waals surface area contributed by atoms with Gasteiger partial charge >= 0.3 is 0 Å². The minimum atomic E-state index is -0.247. The van der Waals surface area contributed by atoms with Crippen LogP contribution in [0.1, 0.15) is 25.3 Å². The molecule has 4 nitrogen and oxygen atoms in total. The van der Waals surface area contributed by atoms with Gasteiger partial charge in [0.1, 0.15) is 12.4 Å². The Morgan fingerprint density at radius 2 is 2.00 bits per heavy atom. The molecule has 0 bridgehead atoms. The second kappa shape index (κ2) is 8.33. The van der Waals surface area contributed by atoms with Crippen LogP contribution in [-0.4, -0.2) is 37.0 Å². The van der Waals surface area contributed by atoms with Crippen molar-refractivity contribution in [2.75, 3.05) is 26.2 Å². The van der Waals surface area contributed by atoms with E-state index in [0.29, 0.717) is 6.54 Å². The fourth-order valence-corrected chi connectivity index (χ4v) is 2.34. The normalized spacial score (nSPS) is 14.3. The fraction of sp³-hybridized carbons (Fsp3) is 0.471. The van der Waals surface area contributed by atoms with Crippen LogP contribution >= 0.6 is 0 Å². The minimum absolute atomic E-state index is 0.247. The molecule has 0 unspecified atom stereocenters. The van der Waals surface area contributed by atoms with Crippen LogP contribution in [0.15, 0.2) is 24.3 Å². The lowest BCUT2D eigenvalue weighted by molar-refractivity contribution is -0.115. The number of hydrogen-bond donors (Lipinski definition) is 1. The molecule has 1 aliphatic heterocycles. The maximum Gasteiger partial charge on any atom is 0.296 e. The Kier molecular flexibility index (Phi) is 6.11. The lowest BCUT2D eigenvalue weighted by atomic mass is 10.2. The number of carbonyl (C=O) groups excluding carboxylic acids is 1. The van der Waals surface area contributed by atoms with Crippen molar-refractivity contribution in [3.63, 3.8) is 0 Å². The van der Waals surface area contributed by atoms with E-state index in [0.717, 1.165) is 24.5 Å². The molecule has 0 spiro atoms. The van der Waals surface area contributed by atoms with E-state index in [-0.39, 0.29) is 5.91 Å². The number of rotatable bonds is 6. The zero-order valence-electron chi connectivity index (χ0n) is 12.5. The van der Waals surface area contributed by atoms with E-state index in [2.05, 4.69) is 22.1 Å². The second-order valence-electron chi connectivity index (χ2n) is 5.10. The zero-order chi connectivity index (χ0) is 14.9. The van der Waals surface area contributed by atoms with Crippen molar-refractivity contribution in [3.8, 4) is 17.6 Å². The van der Waals surface area contributed by atoms with E-state index in [1.807, 2.05) is 24.3 Å². The second-order valence-corrected chi connectivity index (χ2v) is 5.10. The van der Waals surface area contributed by atoms with E-state index in [9.17, 15) is 4.79 Å². The smallest absolute Gasteiger partial charge is 0.296 e. The molecule has 112 valence electrons. The van der Waals surface area contributed by atoms with Crippen LogP contribution < -0.4 is 10.1 Å². The molecular formula is C17H22N2O2. The number of nitrogens with zero attached hydrogens (tertiary/aromatic N) is 1. The van der Waals surface area contributed by atoms with Crippen LogP contribution in [0, 0.1) is 11.8 Å². The van der Waals surface area contributed by atoms with Gasteiger partial charge in [-0.3, -0.25) is 9.69 Å². The molecule has 0 aliphatic carbocycles. The van der Waals surface area contributed by atoms with Crippen LogP contribution in [0.25, 0.3) is 0 Å². The minimum Gasteiger partial charge on any atom is -0.492 e. The summed E-state index contributed by atoms with van der Waals surface area (Å²) >= 11 is 0. The Bertz CT molecular complexity index is 508. The molecular weight excluding hydrogens is 264 g/mol. The molecule has 0 atom stereocenters. The molecule has 1 heterocycles. The molecule has 21 heavy (non-hydrogen) atoms. The topological polar surface area (TPSA) is 41.6 Å². The summed E-state index contributed by atoms with van der Waals surface area (Å²) in [6.07, 6.45) is 2.62. The average molecular weight is 286 g/mol. The number of amides is 1. The summed E-state index contributed by atoms with van der Waals surface area (Å²) < 4.78 is 5.74. The van der Waals surface area contributed by atoms with Gasteiger partial charge in [0.15, 0.2) is 0 Å². The van der Waals surface area contributed by atoms with Crippen LogP contribution in [-0.2, 0) is 11.3 Å². The van der Waals surface area contributed by atoms with Crippen molar-refractivity contribution in [3.05, 3.63) is 29.8 Å². The lowest BCUT2D eigenvalue weighted by Gasteiger charge is -2.15. The lowest BCUT2D eigenvalue weighted by Crippen LogP contribution is -2.25. The average Bonchev–Trinajstić information content (AvgIpc) is 3.00. The van der Waals surface area contributed by atoms with Gasteiger partial charge in [-0.05, 0) is 56.5 Å². The summed E-state index contributed by atoms with van der Waals surface area (Å²) in [4.78, 5) is 13.7. The van der Waals surface area contributed by atoms with Crippen LogP contribution in [0.4, 0.5) is 0 Å². The Labute approximate surface area is 126 Å². The van der Waals surface area contributed by atoms with Crippen molar-refractivity contribution in [2.24, 2.45) is 0 Å². The summed E-state index contributed by atoms with van der Waals surface area (Å²) in [5.74, 6) is 5.65. The summed E-state index contributed by atoms with van der Waals surface area (Å²) in [6.45, 7) is 6.25. The van der Waals surface area contributed by atoms with Crippen LogP contribution in [0.3, 0.4) is 0 Å². The molecule has 0 radical (unpaired) electrons. The van der Waals surface area contributed by atoms with Crippen molar-refractivity contribution in [2.45, 2.75) is 26.3 Å². The number of nitrogens with one attached hydrogen (secondary N) is 1. The zero-order valence-corrected chi connectivity index (χ0v) is 12.5. The molecule has 1 aromatic carbocycles. The molecule has 0 saturated carbocycles. The number of carbonyl (C=O) groups is 1. The maximum absolute atomic E-state index is 11.2. The van der Waals surface area contributed by atoms with Gasteiger partial charge in [0, 0.05) is 13.1 Å². The Morgan fingerprint density at radius 1 is 1.29 bits per heavy atom. The molecule has 0 aromatic heterocycles. The van der Waals surface area contributed by atoms with Crippen molar-refractivity contribution < 1.29 is 9.53 Å². The SMILES string of the molecule is CC#CC(=O)NCc1ccc(OCCN2CCCC2)cc1. The first-order valence-electron chi connectivity index (χ1n) is 7.42. The molecule has 1 fully saturated rings. The third-order valence-corrected chi connectivity index (χ3v) is 3.49. The van der Waals surface area contributed by atoms with E-state index in [1.54, 1.807) is 6.92 Å². The van der Waals surface area contributed by atoms with E-state index >= 15 is 0 Å². The summed E-state index contributed by atoms with van der Waals surface area (Å²) in [5.41, 5.74) is 1.04. The summed E-state index contributed by atoms with van der Waals surface area (Å²) in [7, 11) is 0. The summed E-state index contributed by atoms with van der Waals surface area (Å²) in [6, 6.07) is 7.81. The predicted molar refractivity (Wildman–Crippen MR) is 82.9 cm³/mol. The van der Waals surface area contributed by atoms with E-state index in [1.165, 1.54) is 25.9 Å². The molecule has 1 aliphatic rings. The highest BCUT2D eigenvalue weighted by Crippen LogP contribution is 2.13. The maximum atomic E-state index is 11.2. The predicted octanol–water partition coefficient (Wildman–Crippen LogP) is 1.80. The first-order valence-corrected chi connectivity index (χ1v) is 7.42. The third-order valence-electron chi connectivity index (χ3n) is 3.49. The number of likely N-dealkylation sites (tertiary alicyclic amines) is 1. The quantitative estimate of drug-likeness (QED) is 0.811. The third kappa shape index (κ3) is 5.49. The first-order chi connectivity index (χ1) is 10.3. The highest BCUT2D eigenvalue weighted by atomic mass is 16.5. The van der Waals surface area contributed by atoms with E-state index < -0.39 is 0 Å². The van der Waals surface area contributed by atoms with Gasteiger partial charge in [0.05, 0.1) is 0 Å². The van der Waals surface area contributed by atoms with Gasteiger partial charge < -0.3 is 10.1 Å². The molecule has 2 rings (SSSR count).